The van der Waals surface area contributed by atoms with Crippen LogP contribution in [0.2, 0.25) is 0 Å². The molecule has 0 radical (unpaired) electrons. The number of amides is 1. The first-order valence-electron chi connectivity index (χ1n) is 7.54. The number of hydrogen-bond donors (Lipinski definition) is 1. The normalized spacial score (nSPS) is 21.1. The van der Waals surface area contributed by atoms with E-state index in [0.29, 0.717) is 30.2 Å². The van der Waals surface area contributed by atoms with E-state index < -0.39 is 12.0 Å². The molecular formula is C16H19N3O4. The maximum Gasteiger partial charge on any atom is 0.246 e. The lowest BCUT2D eigenvalue weighted by atomic mass is 10.0. The molecule has 23 heavy (non-hydrogen) atoms. The van der Waals surface area contributed by atoms with Gasteiger partial charge in [-0.2, -0.15) is 0 Å². The number of benzene rings is 1. The van der Waals surface area contributed by atoms with Gasteiger partial charge in [0.15, 0.2) is 0 Å². The largest absolute Gasteiger partial charge is 0.489 e. The fourth-order valence-electron chi connectivity index (χ4n) is 2.62. The second-order valence-electron chi connectivity index (χ2n) is 5.43. The average Bonchev–Trinajstić information content (AvgIpc) is 2.59. The number of para-hydroxylation sites is 1. The third-order valence-electron chi connectivity index (χ3n) is 3.81. The van der Waals surface area contributed by atoms with Gasteiger partial charge in [0.05, 0.1) is 24.9 Å². The molecule has 2 atom stereocenters. The van der Waals surface area contributed by atoms with Crippen LogP contribution < -0.4 is 15.2 Å². The highest BCUT2D eigenvalue weighted by Gasteiger charge is 2.26. The zero-order valence-electron chi connectivity index (χ0n) is 12.9. The van der Waals surface area contributed by atoms with E-state index in [1.165, 1.54) is 0 Å². The molecule has 1 fully saturated rings. The Morgan fingerprint density at radius 3 is 3.09 bits per heavy atom. The minimum atomic E-state index is -0.523. The molecule has 2 heterocycles. The van der Waals surface area contributed by atoms with E-state index in [1.807, 2.05) is 18.2 Å². The minimum absolute atomic E-state index is 0.157. The summed E-state index contributed by atoms with van der Waals surface area (Å²) in [5, 5.41) is 0. The first-order valence-corrected chi connectivity index (χ1v) is 7.54. The van der Waals surface area contributed by atoms with Crippen molar-refractivity contribution < 1.29 is 19.0 Å². The van der Waals surface area contributed by atoms with Crippen molar-refractivity contribution in [1.29, 1.82) is 0 Å². The van der Waals surface area contributed by atoms with Crippen molar-refractivity contribution in [3.8, 4) is 11.6 Å². The molecule has 122 valence electrons. The number of carbonyl (C=O) groups is 1. The molecule has 1 saturated heterocycles. The molecule has 0 saturated carbocycles. The smallest absolute Gasteiger partial charge is 0.246 e. The van der Waals surface area contributed by atoms with Gasteiger partial charge in [-0.25, -0.2) is 9.97 Å². The fraction of sp³-hybridized carbons (Fsp3) is 0.438. The number of ether oxygens (including phenoxy) is 3. The quantitative estimate of drug-likeness (QED) is 0.896. The molecular weight excluding hydrogens is 298 g/mol. The molecule has 7 nitrogen and oxygen atoms in total. The lowest BCUT2D eigenvalue weighted by Gasteiger charge is -2.28. The molecule has 2 N–H and O–H groups in total. The Morgan fingerprint density at radius 1 is 1.43 bits per heavy atom. The number of nitrogens with two attached hydrogens (primary N) is 1. The van der Waals surface area contributed by atoms with Crippen molar-refractivity contribution in [1.82, 2.24) is 9.97 Å². The van der Waals surface area contributed by atoms with Crippen molar-refractivity contribution in [2.24, 2.45) is 5.73 Å². The van der Waals surface area contributed by atoms with Crippen LogP contribution in [0.4, 0.5) is 0 Å². The number of rotatable bonds is 5. The van der Waals surface area contributed by atoms with Crippen LogP contribution >= 0.6 is 0 Å². The maximum absolute atomic E-state index is 11.2. The van der Waals surface area contributed by atoms with Gasteiger partial charge in [-0.05, 0) is 31.4 Å². The van der Waals surface area contributed by atoms with Crippen LogP contribution in [-0.2, 0) is 9.53 Å². The van der Waals surface area contributed by atoms with Gasteiger partial charge in [-0.3, -0.25) is 4.79 Å². The van der Waals surface area contributed by atoms with Gasteiger partial charge in [0, 0.05) is 0 Å². The molecule has 1 aromatic heterocycles. The topological polar surface area (TPSA) is 96.6 Å². The van der Waals surface area contributed by atoms with Gasteiger partial charge in [-0.15, -0.1) is 0 Å². The van der Waals surface area contributed by atoms with Crippen LogP contribution in [0.5, 0.6) is 11.6 Å². The Labute approximate surface area is 133 Å². The number of methoxy groups -OCH3 is 1. The number of nitrogens with zero attached hydrogens (tertiary/aromatic N) is 2. The highest BCUT2D eigenvalue weighted by molar-refractivity contribution is 5.81. The van der Waals surface area contributed by atoms with Crippen molar-refractivity contribution >= 4 is 16.9 Å². The summed E-state index contributed by atoms with van der Waals surface area (Å²) in [6.07, 6.45) is 3.28. The molecule has 2 unspecified atom stereocenters. The highest BCUT2D eigenvalue weighted by atomic mass is 16.5. The molecule has 2 aromatic rings. The number of primary amides is 1. The summed E-state index contributed by atoms with van der Waals surface area (Å²) in [6, 6.07) is 5.53. The molecule has 1 aliphatic rings. The monoisotopic (exact) mass is 317 g/mol. The zero-order chi connectivity index (χ0) is 16.2. The Kier molecular flexibility index (Phi) is 4.57. The lowest BCUT2D eigenvalue weighted by molar-refractivity contribution is -0.140. The van der Waals surface area contributed by atoms with Crippen molar-refractivity contribution in [2.75, 3.05) is 13.7 Å². The number of hydrogen-bond acceptors (Lipinski definition) is 6. The highest BCUT2D eigenvalue weighted by Crippen LogP contribution is 2.26. The lowest BCUT2D eigenvalue weighted by Crippen LogP contribution is -2.40. The Bertz CT molecular complexity index is 707. The van der Waals surface area contributed by atoms with E-state index in [2.05, 4.69) is 9.97 Å². The van der Waals surface area contributed by atoms with Gasteiger partial charge in [0.1, 0.15) is 24.0 Å². The minimum Gasteiger partial charge on any atom is -0.489 e. The van der Waals surface area contributed by atoms with E-state index >= 15 is 0 Å². The maximum atomic E-state index is 11.2. The molecule has 0 bridgehead atoms. The number of aromatic nitrogens is 2. The fourth-order valence-corrected chi connectivity index (χ4v) is 2.62. The molecule has 3 rings (SSSR count). The van der Waals surface area contributed by atoms with Crippen LogP contribution in [-0.4, -0.2) is 41.8 Å². The van der Waals surface area contributed by atoms with Gasteiger partial charge in [-0.1, -0.05) is 6.07 Å². The summed E-state index contributed by atoms with van der Waals surface area (Å²) < 4.78 is 16.6. The van der Waals surface area contributed by atoms with Crippen LogP contribution in [0.3, 0.4) is 0 Å². The summed E-state index contributed by atoms with van der Waals surface area (Å²) >= 11 is 0. The third kappa shape index (κ3) is 3.50. The summed E-state index contributed by atoms with van der Waals surface area (Å²) in [5.41, 5.74) is 6.66. The summed E-state index contributed by atoms with van der Waals surface area (Å²) in [7, 11) is 1.54. The van der Waals surface area contributed by atoms with E-state index in [9.17, 15) is 4.79 Å². The second kappa shape index (κ2) is 6.78. The van der Waals surface area contributed by atoms with E-state index in [4.69, 9.17) is 19.9 Å². The molecule has 1 aliphatic heterocycles. The molecule has 0 aliphatic carbocycles. The Morgan fingerprint density at radius 2 is 2.30 bits per heavy atom. The van der Waals surface area contributed by atoms with Gasteiger partial charge in [0.2, 0.25) is 11.8 Å². The van der Waals surface area contributed by atoms with Crippen molar-refractivity contribution in [3.05, 3.63) is 24.4 Å². The number of fused-ring (bicyclic) bond motifs is 1. The standard InChI is InChI=1S/C16H19N3O4/c1-21-14-8-18-11-5-3-6-12(15(11)19-14)22-9-10-4-2-7-13(23-10)16(17)20/h3,5-6,8,10,13H,2,4,7,9H2,1H3,(H2,17,20). The van der Waals surface area contributed by atoms with Crippen LogP contribution in [0.15, 0.2) is 24.4 Å². The van der Waals surface area contributed by atoms with E-state index in [-0.39, 0.29) is 6.10 Å². The van der Waals surface area contributed by atoms with Crippen molar-refractivity contribution in [3.63, 3.8) is 0 Å². The van der Waals surface area contributed by atoms with E-state index in [0.717, 1.165) is 18.4 Å². The summed E-state index contributed by atoms with van der Waals surface area (Å²) in [5.74, 6) is 0.616. The van der Waals surface area contributed by atoms with Gasteiger partial charge < -0.3 is 19.9 Å². The second-order valence-corrected chi connectivity index (χ2v) is 5.43. The number of carbonyl (C=O) groups excluding carboxylic acids is 1. The van der Waals surface area contributed by atoms with Gasteiger partial charge in [0.25, 0.3) is 0 Å². The summed E-state index contributed by atoms with van der Waals surface area (Å²) in [6.45, 7) is 0.335. The molecule has 7 heteroatoms. The summed E-state index contributed by atoms with van der Waals surface area (Å²) in [4.78, 5) is 19.9. The van der Waals surface area contributed by atoms with Crippen LogP contribution in [0, 0.1) is 0 Å². The molecule has 1 aromatic carbocycles. The van der Waals surface area contributed by atoms with Crippen LogP contribution in [0.1, 0.15) is 19.3 Å². The zero-order valence-corrected chi connectivity index (χ0v) is 12.9. The average molecular weight is 317 g/mol. The molecule has 1 amide bonds. The predicted molar refractivity (Wildman–Crippen MR) is 83.3 cm³/mol. The first-order chi connectivity index (χ1) is 11.2. The van der Waals surface area contributed by atoms with Crippen LogP contribution in [0.25, 0.3) is 11.0 Å². The van der Waals surface area contributed by atoms with E-state index in [1.54, 1.807) is 13.3 Å². The first kappa shape index (κ1) is 15.5. The SMILES string of the molecule is COc1cnc2cccc(OCC3CCCC(C(N)=O)O3)c2n1. The van der Waals surface area contributed by atoms with Gasteiger partial charge >= 0.3 is 0 Å². The Hall–Kier alpha value is -2.41. The third-order valence-corrected chi connectivity index (χ3v) is 3.81. The molecule has 0 spiro atoms. The Balaban J connectivity index is 1.73. The predicted octanol–water partition coefficient (Wildman–Crippen LogP) is 1.44. The van der Waals surface area contributed by atoms with Crippen molar-refractivity contribution in [2.45, 2.75) is 31.5 Å².